The number of aromatic nitrogens is 1. The van der Waals surface area contributed by atoms with E-state index < -0.39 is 0 Å². The van der Waals surface area contributed by atoms with Gasteiger partial charge in [-0.15, -0.1) is 0 Å². The van der Waals surface area contributed by atoms with Gasteiger partial charge in [-0.05, 0) is 30.7 Å². The highest BCUT2D eigenvalue weighted by atomic mass is 16.5. The van der Waals surface area contributed by atoms with Crippen LogP contribution in [0.5, 0.6) is 0 Å². The summed E-state index contributed by atoms with van der Waals surface area (Å²) >= 11 is 0. The van der Waals surface area contributed by atoms with Gasteiger partial charge in [0.05, 0.1) is 12.8 Å². The number of nitrogens with zero attached hydrogens (tertiary/aromatic N) is 3. The van der Waals surface area contributed by atoms with E-state index >= 15 is 0 Å². The van der Waals surface area contributed by atoms with Gasteiger partial charge in [0, 0.05) is 31.0 Å². The van der Waals surface area contributed by atoms with Gasteiger partial charge < -0.3 is 10.1 Å². The molecule has 2 aromatic rings. The summed E-state index contributed by atoms with van der Waals surface area (Å²) < 4.78 is 5.12. The Balaban J connectivity index is 2.14. The molecule has 0 radical (unpaired) electrons. The first-order valence-corrected chi connectivity index (χ1v) is 7.59. The fourth-order valence-corrected chi connectivity index (χ4v) is 2.24. The number of nitrogens with one attached hydrogen (secondary N) is 2. The second-order valence-corrected chi connectivity index (χ2v) is 5.36. The number of hydrogen-bond donors (Lipinski definition) is 2. The van der Waals surface area contributed by atoms with Crippen molar-refractivity contribution < 1.29 is 9.53 Å². The minimum atomic E-state index is -0.121. The van der Waals surface area contributed by atoms with Crippen LogP contribution in [0.1, 0.15) is 29.3 Å². The Kier molecular flexibility index (Phi) is 6.20. The van der Waals surface area contributed by atoms with Gasteiger partial charge in [-0.2, -0.15) is 10.4 Å². The van der Waals surface area contributed by atoms with Crippen molar-refractivity contribution in [3.8, 4) is 6.07 Å². The van der Waals surface area contributed by atoms with Crippen LogP contribution in [0.3, 0.4) is 0 Å². The van der Waals surface area contributed by atoms with Crippen LogP contribution in [-0.4, -0.2) is 24.2 Å². The average Bonchev–Trinajstić information content (AvgIpc) is 2.56. The smallest absolute Gasteiger partial charge is 0.221 e. The molecule has 0 saturated carbocycles. The summed E-state index contributed by atoms with van der Waals surface area (Å²) in [7, 11) is 1.58. The lowest BCUT2D eigenvalue weighted by molar-refractivity contribution is -0.114. The number of rotatable bonds is 6. The Morgan fingerprint density at radius 1 is 1.40 bits per heavy atom. The predicted octanol–water partition coefficient (Wildman–Crippen LogP) is 2.81. The fraction of sp³-hybridized carbons (Fsp3) is 0.222. The Hall–Kier alpha value is -3.24. The van der Waals surface area contributed by atoms with E-state index in [1.54, 1.807) is 25.5 Å². The zero-order chi connectivity index (χ0) is 18.2. The van der Waals surface area contributed by atoms with Crippen molar-refractivity contribution in [2.45, 2.75) is 20.5 Å². The number of ether oxygens (including phenoxy) is 1. The minimum Gasteiger partial charge on any atom is -0.380 e. The van der Waals surface area contributed by atoms with Gasteiger partial charge in [0.1, 0.15) is 11.6 Å². The molecule has 0 aliphatic rings. The fourth-order valence-electron chi connectivity index (χ4n) is 2.24. The average molecular weight is 337 g/mol. The van der Waals surface area contributed by atoms with E-state index in [4.69, 9.17) is 4.74 Å². The number of pyridine rings is 1. The Labute approximate surface area is 146 Å². The van der Waals surface area contributed by atoms with Crippen LogP contribution in [0.2, 0.25) is 0 Å². The number of nitriles is 1. The molecule has 25 heavy (non-hydrogen) atoms. The van der Waals surface area contributed by atoms with Crippen LogP contribution in [0.25, 0.3) is 0 Å². The zero-order valence-corrected chi connectivity index (χ0v) is 14.3. The number of benzene rings is 1. The summed E-state index contributed by atoms with van der Waals surface area (Å²) in [6.07, 6.45) is 1.61. The molecule has 0 saturated heterocycles. The van der Waals surface area contributed by atoms with E-state index in [2.05, 4.69) is 26.9 Å². The Morgan fingerprint density at radius 3 is 2.72 bits per heavy atom. The van der Waals surface area contributed by atoms with E-state index in [1.807, 2.05) is 25.1 Å². The molecule has 0 bridgehead atoms. The van der Waals surface area contributed by atoms with Gasteiger partial charge >= 0.3 is 0 Å². The first-order chi connectivity index (χ1) is 12.0. The number of carbonyl (C=O) groups excluding carboxylic acids is 1. The van der Waals surface area contributed by atoms with Crippen LogP contribution in [-0.2, 0) is 16.1 Å². The number of hydrogen-bond acceptors (Lipinski definition) is 6. The predicted molar refractivity (Wildman–Crippen MR) is 96.4 cm³/mol. The molecule has 1 aromatic heterocycles. The van der Waals surface area contributed by atoms with Crippen LogP contribution < -0.4 is 10.7 Å². The molecular weight excluding hydrogens is 318 g/mol. The maximum Gasteiger partial charge on any atom is 0.221 e. The van der Waals surface area contributed by atoms with Crippen molar-refractivity contribution in [2.75, 3.05) is 17.9 Å². The van der Waals surface area contributed by atoms with Gasteiger partial charge in [0.15, 0.2) is 5.82 Å². The van der Waals surface area contributed by atoms with Crippen LogP contribution in [0.15, 0.2) is 35.4 Å². The van der Waals surface area contributed by atoms with E-state index in [0.717, 1.165) is 16.8 Å². The van der Waals surface area contributed by atoms with E-state index in [9.17, 15) is 10.1 Å². The molecule has 0 aliphatic carbocycles. The largest absolute Gasteiger partial charge is 0.380 e. The first-order valence-electron chi connectivity index (χ1n) is 7.59. The van der Waals surface area contributed by atoms with Crippen molar-refractivity contribution in [2.24, 2.45) is 5.10 Å². The molecule has 2 N–H and O–H groups in total. The van der Waals surface area contributed by atoms with E-state index in [0.29, 0.717) is 23.7 Å². The Morgan fingerprint density at radius 2 is 2.12 bits per heavy atom. The van der Waals surface area contributed by atoms with Gasteiger partial charge in [0.25, 0.3) is 0 Å². The highest BCUT2D eigenvalue weighted by Crippen LogP contribution is 2.19. The molecule has 0 spiro atoms. The van der Waals surface area contributed by atoms with Crippen molar-refractivity contribution in [1.82, 2.24) is 4.98 Å². The highest BCUT2D eigenvalue weighted by Gasteiger charge is 2.10. The van der Waals surface area contributed by atoms with Crippen LogP contribution in [0.4, 0.5) is 11.5 Å². The molecule has 1 aromatic carbocycles. The third-order valence-electron chi connectivity index (χ3n) is 3.26. The molecular formula is C18H19N5O2. The molecule has 2 rings (SSSR count). The molecule has 7 heteroatoms. The molecule has 0 unspecified atom stereocenters. The number of amides is 1. The molecule has 128 valence electrons. The number of hydrazone groups is 1. The maximum absolute atomic E-state index is 11.0. The van der Waals surface area contributed by atoms with Crippen LogP contribution in [0, 0.1) is 18.3 Å². The maximum atomic E-state index is 11.0. The van der Waals surface area contributed by atoms with E-state index in [1.165, 1.54) is 6.92 Å². The second-order valence-electron chi connectivity index (χ2n) is 5.36. The lowest BCUT2D eigenvalue weighted by Gasteiger charge is -2.09. The highest BCUT2D eigenvalue weighted by molar-refractivity contribution is 5.89. The minimum absolute atomic E-state index is 0.121. The molecule has 0 aliphatic heterocycles. The summed E-state index contributed by atoms with van der Waals surface area (Å²) in [5, 5.41) is 16.2. The SMILES string of the molecule is COCc1cc(C)nc(N/N=C\c2ccc(NC(C)=O)cc2)c1C#N. The number of aryl methyl sites for hydroxylation is 1. The Bertz CT molecular complexity index is 823. The molecule has 1 heterocycles. The van der Waals surface area contributed by atoms with Gasteiger partial charge in [-0.25, -0.2) is 4.98 Å². The first kappa shape index (κ1) is 18.1. The van der Waals surface area contributed by atoms with Crippen molar-refractivity contribution >= 4 is 23.6 Å². The number of carbonyl (C=O) groups is 1. The van der Waals surface area contributed by atoms with Crippen LogP contribution >= 0.6 is 0 Å². The molecule has 0 fully saturated rings. The number of anilines is 2. The summed E-state index contributed by atoms with van der Waals surface area (Å²) in [6.45, 7) is 3.63. The van der Waals surface area contributed by atoms with Gasteiger partial charge in [-0.3, -0.25) is 10.2 Å². The van der Waals surface area contributed by atoms with E-state index in [-0.39, 0.29) is 5.91 Å². The molecule has 1 amide bonds. The van der Waals surface area contributed by atoms with Crippen molar-refractivity contribution in [3.05, 3.63) is 52.7 Å². The van der Waals surface area contributed by atoms with Crippen molar-refractivity contribution in [3.63, 3.8) is 0 Å². The zero-order valence-electron chi connectivity index (χ0n) is 14.3. The quantitative estimate of drug-likeness (QED) is 0.624. The van der Waals surface area contributed by atoms with Gasteiger partial charge in [-0.1, -0.05) is 12.1 Å². The third-order valence-corrected chi connectivity index (χ3v) is 3.26. The summed E-state index contributed by atoms with van der Waals surface area (Å²) in [5.41, 5.74) is 6.30. The molecule has 7 nitrogen and oxygen atoms in total. The monoisotopic (exact) mass is 337 g/mol. The summed E-state index contributed by atoms with van der Waals surface area (Å²) in [5.74, 6) is 0.269. The van der Waals surface area contributed by atoms with Gasteiger partial charge in [0.2, 0.25) is 5.91 Å². The molecule has 0 atom stereocenters. The lowest BCUT2D eigenvalue weighted by atomic mass is 10.1. The third kappa shape index (κ3) is 5.12. The topological polar surface area (TPSA) is 99.4 Å². The summed E-state index contributed by atoms with van der Waals surface area (Å²) in [4.78, 5) is 15.3. The number of methoxy groups -OCH3 is 1. The summed E-state index contributed by atoms with van der Waals surface area (Å²) in [6, 6.07) is 11.2. The second kappa shape index (κ2) is 8.57. The van der Waals surface area contributed by atoms with Crippen molar-refractivity contribution in [1.29, 1.82) is 5.26 Å². The lowest BCUT2D eigenvalue weighted by Crippen LogP contribution is -2.05. The standard InChI is InChI=1S/C18H19N5O2/c1-12-8-15(11-25-3)17(9-19)18(21-12)23-20-10-14-4-6-16(7-5-14)22-13(2)24/h4-8,10H,11H2,1-3H3,(H,21,23)(H,22,24)/b20-10-. The normalized spacial score (nSPS) is 10.5.